The van der Waals surface area contributed by atoms with Gasteiger partial charge in [0.1, 0.15) is 11.7 Å². The standard InChI is InChI=1S/C24H30FN3/c1-19(16-26)24(27-15-7-6-10-20-8-4-2-3-5-9-20)28-17-22(18-28)21-11-13-23(25)14-12-21/h2-4,8-9,11-14,16,22H,5-7,10,15,17-18,26H2,1H3/b19-16+,27-24?. The van der Waals surface area contributed by atoms with Gasteiger partial charge in [0, 0.05) is 37.3 Å². The van der Waals surface area contributed by atoms with E-state index >= 15 is 0 Å². The van der Waals surface area contributed by atoms with Crippen LogP contribution in [-0.4, -0.2) is 30.4 Å². The molecule has 148 valence electrons. The van der Waals surface area contributed by atoms with Gasteiger partial charge >= 0.3 is 0 Å². The summed E-state index contributed by atoms with van der Waals surface area (Å²) in [6.07, 6.45) is 16.9. The summed E-state index contributed by atoms with van der Waals surface area (Å²) in [4.78, 5) is 7.12. The highest BCUT2D eigenvalue weighted by Crippen LogP contribution is 2.28. The van der Waals surface area contributed by atoms with Crippen molar-refractivity contribution in [3.63, 3.8) is 0 Å². The zero-order valence-corrected chi connectivity index (χ0v) is 16.7. The van der Waals surface area contributed by atoms with Crippen LogP contribution in [0, 0.1) is 5.82 Å². The number of nitrogens with zero attached hydrogens (tertiary/aromatic N) is 2. The Morgan fingerprint density at radius 3 is 2.75 bits per heavy atom. The molecule has 1 aliphatic heterocycles. The van der Waals surface area contributed by atoms with E-state index in [-0.39, 0.29) is 5.82 Å². The molecule has 0 aromatic heterocycles. The lowest BCUT2D eigenvalue weighted by Crippen LogP contribution is -2.49. The first kappa shape index (κ1) is 20.1. The van der Waals surface area contributed by atoms with E-state index in [1.54, 1.807) is 6.20 Å². The second kappa shape index (κ2) is 10.1. The lowest BCUT2D eigenvalue weighted by atomic mass is 9.91. The molecule has 0 unspecified atom stereocenters. The van der Waals surface area contributed by atoms with Gasteiger partial charge in [-0.15, -0.1) is 0 Å². The van der Waals surface area contributed by atoms with Crippen LogP contribution in [-0.2, 0) is 0 Å². The Morgan fingerprint density at radius 1 is 1.21 bits per heavy atom. The number of aliphatic imine (C=N–C) groups is 1. The molecule has 0 atom stereocenters. The predicted octanol–water partition coefficient (Wildman–Crippen LogP) is 5.10. The van der Waals surface area contributed by atoms with E-state index in [1.165, 1.54) is 23.3 Å². The monoisotopic (exact) mass is 379 g/mol. The molecule has 1 saturated heterocycles. The normalized spacial score (nSPS) is 18.1. The van der Waals surface area contributed by atoms with Gasteiger partial charge < -0.3 is 10.6 Å². The molecule has 1 aliphatic carbocycles. The maximum Gasteiger partial charge on any atom is 0.127 e. The molecule has 0 radical (unpaired) electrons. The zero-order valence-electron chi connectivity index (χ0n) is 16.7. The minimum absolute atomic E-state index is 0.185. The van der Waals surface area contributed by atoms with Crippen LogP contribution in [0.5, 0.6) is 0 Å². The quantitative estimate of drug-likeness (QED) is 0.407. The van der Waals surface area contributed by atoms with Crippen LogP contribution in [0.3, 0.4) is 0 Å². The molecule has 3 nitrogen and oxygen atoms in total. The van der Waals surface area contributed by atoms with Gasteiger partial charge in [0.2, 0.25) is 0 Å². The van der Waals surface area contributed by atoms with Gasteiger partial charge in [-0.05, 0) is 50.3 Å². The minimum Gasteiger partial charge on any atom is -0.404 e. The van der Waals surface area contributed by atoms with Crippen molar-refractivity contribution in [2.45, 2.75) is 38.5 Å². The summed E-state index contributed by atoms with van der Waals surface area (Å²) in [7, 11) is 0. The third-order valence-electron chi connectivity index (χ3n) is 5.33. The maximum absolute atomic E-state index is 13.1. The largest absolute Gasteiger partial charge is 0.404 e. The van der Waals surface area contributed by atoms with Crippen LogP contribution in [0.4, 0.5) is 4.39 Å². The highest BCUT2D eigenvalue weighted by atomic mass is 19.1. The van der Waals surface area contributed by atoms with Crippen molar-refractivity contribution in [1.29, 1.82) is 0 Å². The van der Waals surface area contributed by atoms with Crippen molar-refractivity contribution in [3.8, 4) is 0 Å². The topological polar surface area (TPSA) is 41.6 Å². The Kier molecular flexibility index (Phi) is 7.24. The Labute approximate surface area is 167 Å². The number of benzene rings is 1. The Morgan fingerprint density at radius 2 is 2.00 bits per heavy atom. The third kappa shape index (κ3) is 5.44. The molecule has 1 aromatic rings. The van der Waals surface area contributed by atoms with Crippen LogP contribution in [0.15, 0.2) is 77.0 Å². The second-order valence-corrected chi connectivity index (χ2v) is 7.47. The maximum atomic E-state index is 13.1. The first-order valence-electron chi connectivity index (χ1n) is 10.1. The Balaban J connectivity index is 1.48. The van der Waals surface area contributed by atoms with Gasteiger partial charge in [0.25, 0.3) is 0 Å². The van der Waals surface area contributed by atoms with Crippen molar-refractivity contribution in [3.05, 3.63) is 83.4 Å². The van der Waals surface area contributed by atoms with E-state index in [1.807, 2.05) is 19.1 Å². The summed E-state index contributed by atoms with van der Waals surface area (Å²) in [6, 6.07) is 6.83. The summed E-state index contributed by atoms with van der Waals surface area (Å²) < 4.78 is 13.1. The van der Waals surface area contributed by atoms with Crippen LogP contribution in [0.1, 0.15) is 44.1 Å². The van der Waals surface area contributed by atoms with E-state index < -0.39 is 0 Å². The van der Waals surface area contributed by atoms with Gasteiger partial charge in [-0.3, -0.25) is 4.99 Å². The van der Waals surface area contributed by atoms with Crippen molar-refractivity contribution >= 4 is 5.84 Å². The second-order valence-electron chi connectivity index (χ2n) is 7.47. The number of halogens is 1. The molecular formula is C24H30FN3. The van der Waals surface area contributed by atoms with Crippen molar-refractivity contribution in [1.82, 2.24) is 4.90 Å². The molecule has 0 amide bonds. The zero-order chi connectivity index (χ0) is 19.8. The fourth-order valence-corrected chi connectivity index (χ4v) is 3.58. The molecule has 1 fully saturated rings. The highest BCUT2D eigenvalue weighted by molar-refractivity contribution is 5.98. The minimum atomic E-state index is -0.185. The smallest absolute Gasteiger partial charge is 0.127 e. The Bertz CT molecular complexity index is 794. The number of likely N-dealkylation sites (tertiary alicyclic amines) is 1. The number of allylic oxidation sites excluding steroid dienone is 6. The Hall–Kier alpha value is -2.62. The van der Waals surface area contributed by atoms with Crippen LogP contribution < -0.4 is 5.73 Å². The number of nitrogens with two attached hydrogens (primary N) is 1. The highest BCUT2D eigenvalue weighted by Gasteiger charge is 2.30. The fourth-order valence-electron chi connectivity index (χ4n) is 3.58. The molecule has 28 heavy (non-hydrogen) atoms. The average Bonchev–Trinajstić information content (AvgIpc) is 2.94. The fraction of sp³-hybridized carbons (Fsp3) is 0.375. The van der Waals surface area contributed by atoms with Crippen LogP contribution in [0.25, 0.3) is 0 Å². The molecule has 2 aliphatic rings. The van der Waals surface area contributed by atoms with Crippen LogP contribution in [0.2, 0.25) is 0 Å². The molecule has 2 N–H and O–H groups in total. The number of rotatable bonds is 7. The van der Waals surface area contributed by atoms with Gasteiger partial charge in [0.15, 0.2) is 0 Å². The van der Waals surface area contributed by atoms with E-state index in [2.05, 4.69) is 35.3 Å². The number of hydrogen-bond acceptors (Lipinski definition) is 2. The van der Waals surface area contributed by atoms with E-state index in [9.17, 15) is 4.39 Å². The molecule has 3 rings (SSSR count). The number of hydrogen-bond donors (Lipinski definition) is 1. The van der Waals surface area contributed by atoms with Gasteiger partial charge in [-0.25, -0.2) is 4.39 Å². The van der Waals surface area contributed by atoms with Crippen molar-refractivity contribution in [2.24, 2.45) is 10.7 Å². The van der Waals surface area contributed by atoms with Crippen LogP contribution >= 0.6 is 0 Å². The average molecular weight is 380 g/mol. The summed E-state index contributed by atoms with van der Waals surface area (Å²) in [5, 5.41) is 0. The van der Waals surface area contributed by atoms with E-state index in [4.69, 9.17) is 10.7 Å². The lowest BCUT2D eigenvalue weighted by molar-refractivity contribution is 0.252. The van der Waals surface area contributed by atoms with Crippen molar-refractivity contribution in [2.75, 3.05) is 19.6 Å². The number of amidine groups is 1. The molecular weight excluding hydrogens is 349 g/mol. The molecule has 0 spiro atoms. The summed E-state index contributed by atoms with van der Waals surface area (Å²) >= 11 is 0. The molecule has 1 heterocycles. The lowest BCUT2D eigenvalue weighted by Gasteiger charge is -2.42. The van der Waals surface area contributed by atoms with Crippen molar-refractivity contribution < 1.29 is 4.39 Å². The SMILES string of the molecule is C/C(=C\N)C(=NCCCCC1=CCC=CC=C1)N1CC(c2ccc(F)cc2)C1. The van der Waals surface area contributed by atoms with Gasteiger partial charge in [0.05, 0.1) is 0 Å². The molecule has 0 bridgehead atoms. The molecule has 1 aromatic carbocycles. The molecule has 4 heteroatoms. The summed E-state index contributed by atoms with van der Waals surface area (Å²) in [5.41, 5.74) is 9.37. The van der Waals surface area contributed by atoms with E-state index in [0.29, 0.717) is 5.92 Å². The molecule has 0 saturated carbocycles. The van der Waals surface area contributed by atoms with E-state index in [0.717, 1.165) is 56.7 Å². The summed E-state index contributed by atoms with van der Waals surface area (Å²) in [5.74, 6) is 1.24. The van der Waals surface area contributed by atoms with Gasteiger partial charge in [-0.1, -0.05) is 48.1 Å². The first-order valence-corrected chi connectivity index (χ1v) is 10.1. The summed E-state index contributed by atoms with van der Waals surface area (Å²) in [6.45, 7) is 4.63. The van der Waals surface area contributed by atoms with Gasteiger partial charge in [-0.2, -0.15) is 0 Å². The predicted molar refractivity (Wildman–Crippen MR) is 116 cm³/mol. The first-order chi connectivity index (χ1) is 13.7. The third-order valence-corrected chi connectivity index (χ3v) is 5.33. The number of unbranched alkanes of at least 4 members (excludes halogenated alkanes) is 1.